The summed E-state index contributed by atoms with van der Waals surface area (Å²) < 4.78 is 1.74. The van der Waals surface area contributed by atoms with Crippen molar-refractivity contribution >= 4 is 40.4 Å². The van der Waals surface area contributed by atoms with E-state index in [1.54, 1.807) is 11.5 Å². The highest BCUT2D eigenvalue weighted by molar-refractivity contribution is 6.31. The number of amides is 1. The molecule has 0 aliphatic carbocycles. The molecule has 0 radical (unpaired) electrons. The Morgan fingerprint density at radius 3 is 2.93 bits per heavy atom. The molecule has 3 rings (SSSR count). The van der Waals surface area contributed by atoms with E-state index in [0.717, 1.165) is 23.3 Å². The van der Waals surface area contributed by atoms with E-state index in [1.165, 1.54) is 6.07 Å². The molecule has 1 heterocycles. The molecule has 0 saturated heterocycles. The second-order valence-corrected chi connectivity index (χ2v) is 6.08. The highest BCUT2D eigenvalue weighted by atomic mass is 35.5. The van der Waals surface area contributed by atoms with Crippen LogP contribution in [0.5, 0.6) is 5.75 Å². The van der Waals surface area contributed by atoms with Crippen LogP contribution in [0.1, 0.15) is 11.4 Å². The Morgan fingerprint density at radius 2 is 2.19 bits per heavy atom. The van der Waals surface area contributed by atoms with Crippen molar-refractivity contribution < 1.29 is 14.8 Å². The fraction of sp³-hybridized carbons (Fsp3) is 0.118. The van der Waals surface area contributed by atoms with E-state index in [4.69, 9.17) is 11.6 Å². The molecule has 1 amide bonds. The maximum absolute atomic E-state index is 12.2. The Bertz CT molecular complexity index is 1080. The van der Waals surface area contributed by atoms with Crippen LogP contribution in [-0.4, -0.2) is 31.7 Å². The maximum atomic E-state index is 12.2. The first-order chi connectivity index (χ1) is 12.9. The number of benzene rings is 2. The van der Waals surface area contributed by atoms with Crippen LogP contribution in [0, 0.1) is 17.0 Å². The summed E-state index contributed by atoms with van der Waals surface area (Å²) in [7, 11) is 0. The van der Waals surface area contributed by atoms with Gasteiger partial charge in [-0.1, -0.05) is 23.7 Å². The second kappa shape index (κ2) is 7.42. The maximum Gasteiger partial charge on any atom is 0.312 e. The number of carbonyl (C=O) groups excluding carboxylic acids is 1. The van der Waals surface area contributed by atoms with Gasteiger partial charge in [0, 0.05) is 16.7 Å². The summed E-state index contributed by atoms with van der Waals surface area (Å²) in [6.45, 7) is 1.78. The van der Waals surface area contributed by atoms with Gasteiger partial charge in [-0.2, -0.15) is 5.10 Å². The van der Waals surface area contributed by atoms with Crippen molar-refractivity contribution in [1.82, 2.24) is 15.0 Å². The predicted molar refractivity (Wildman–Crippen MR) is 100.0 cm³/mol. The Kier molecular flexibility index (Phi) is 5.04. The molecular weight excluding hydrogens is 374 g/mol. The molecule has 2 N–H and O–H groups in total. The zero-order chi connectivity index (χ0) is 19.6. The van der Waals surface area contributed by atoms with Gasteiger partial charge in [0.2, 0.25) is 5.75 Å². The Balaban J connectivity index is 1.74. The molecule has 0 aliphatic rings. The molecule has 10 heteroatoms. The lowest BCUT2D eigenvalue weighted by Gasteiger charge is -2.05. The molecule has 0 bridgehead atoms. The minimum atomic E-state index is -0.760. The van der Waals surface area contributed by atoms with E-state index < -0.39 is 22.3 Å². The third-order valence-electron chi connectivity index (χ3n) is 3.82. The second-order valence-electron chi connectivity index (χ2n) is 5.65. The molecule has 0 aliphatic heterocycles. The van der Waals surface area contributed by atoms with Crippen molar-refractivity contribution in [3.05, 3.63) is 62.9 Å². The number of phenolic OH excluding ortho intramolecular Hbond substituents is 1. The number of phenols is 1. The molecule has 3 aromatic rings. The standard InChI is InChI=1S/C17H14ClN5O4/c1-10-20-13-4-2-3-5-14(13)22(10)9-16(24)21-19-8-11-6-12(18)7-15(17(11)25)23(26)27/h2-8,25H,9H2,1H3,(H,21,24)/b19-8-. The minimum absolute atomic E-state index is 0.00857. The van der Waals surface area contributed by atoms with Gasteiger partial charge < -0.3 is 9.67 Å². The van der Waals surface area contributed by atoms with Crippen molar-refractivity contribution in [1.29, 1.82) is 0 Å². The lowest BCUT2D eigenvalue weighted by Crippen LogP contribution is -2.23. The van der Waals surface area contributed by atoms with Gasteiger partial charge in [0.25, 0.3) is 5.91 Å². The molecular formula is C17H14ClN5O4. The average Bonchev–Trinajstić information content (AvgIpc) is 2.93. The summed E-state index contributed by atoms with van der Waals surface area (Å²) in [4.78, 5) is 26.7. The largest absolute Gasteiger partial charge is 0.502 e. The zero-order valence-electron chi connectivity index (χ0n) is 14.1. The summed E-state index contributed by atoms with van der Waals surface area (Å²) in [5, 5.41) is 24.6. The van der Waals surface area contributed by atoms with Crippen molar-refractivity contribution in [3.8, 4) is 5.75 Å². The lowest BCUT2D eigenvalue weighted by molar-refractivity contribution is -0.385. The minimum Gasteiger partial charge on any atom is -0.502 e. The number of hydrogen-bond acceptors (Lipinski definition) is 6. The molecule has 9 nitrogen and oxygen atoms in total. The van der Waals surface area contributed by atoms with E-state index in [-0.39, 0.29) is 17.1 Å². The van der Waals surface area contributed by atoms with Gasteiger partial charge in [0.1, 0.15) is 12.4 Å². The predicted octanol–water partition coefficient (Wildman–Crippen LogP) is 2.76. The van der Waals surface area contributed by atoms with Gasteiger partial charge in [-0.15, -0.1) is 0 Å². The third-order valence-corrected chi connectivity index (χ3v) is 4.04. The van der Waals surface area contributed by atoms with E-state index in [1.807, 2.05) is 24.3 Å². The highest BCUT2D eigenvalue weighted by Crippen LogP contribution is 2.32. The Hall–Kier alpha value is -3.46. The first-order valence-electron chi connectivity index (χ1n) is 7.77. The zero-order valence-corrected chi connectivity index (χ0v) is 14.8. The van der Waals surface area contributed by atoms with Crippen molar-refractivity contribution in [2.24, 2.45) is 5.10 Å². The van der Waals surface area contributed by atoms with Crippen LogP contribution in [0.25, 0.3) is 11.0 Å². The molecule has 0 spiro atoms. The average molecular weight is 388 g/mol. The van der Waals surface area contributed by atoms with E-state index in [9.17, 15) is 20.0 Å². The Morgan fingerprint density at radius 1 is 1.44 bits per heavy atom. The number of nitrogens with one attached hydrogen (secondary N) is 1. The number of aromatic hydroxyl groups is 1. The number of fused-ring (bicyclic) bond motifs is 1. The first-order valence-corrected chi connectivity index (χ1v) is 8.15. The molecule has 0 saturated carbocycles. The van der Waals surface area contributed by atoms with Gasteiger partial charge in [-0.3, -0.25) is 14.9 Å². The van der Waals surface area contributed by atoms with Crippen molar-refractivity contribution in [2.75, 3.05) is 0 Å². The number of nitro benzene ring substituents is 1. The van der Waals surface area contributed by atoms with Crippen LogP contribution in [0.15, 0.2) is 41.5 Å². The number of hydrogen-bond donors (Lipinski definition) is 2. The quantitative estimate of drug-likeness (QED) is 0.396. The number of carbonyl (C=O) groups is 1. The normalized spacial score (nSPS) is 11.2. The summed E-state index contributed by atoms with van der Waals surface area (Å²) >= 11 is 5.80. The monoisotopic (exact) mass is 387 g/mol. The number of hydrazone groups is 1. The fourth-order valence-electron chi connectivity index (χ4n) is 2.59. The number of rotatable bonds is 5. The fourth-order valence-corrected chi connectivity index (χ4v) is 2.81. The number of nitrogens with zero attached hydrogens (tertiary/aromatic N) is 4. The molecule has 0 unspecified atom stereocenters. The van der Waals surface area contributed by atoms with Crippen LogP contribution in [0.4, 0.5) is 5.69 Å². The summed E-state index contributed by atoms with van der Waals surface area (Å²) in [6, 6.07) is 9.75. The van der Waals surface area contributed by atoms with Gasteiger partial charge in [-0.25, -0.2) is 10.4 Å². The summed E-state index contributed by atoms with van der Waals surface area (Å²) in [6.07, 6.45) is 1.09. The van der Waals surface area contributed by atoms with Crippen LogP contribution in [0.2, 0.25) is 5.02 Å². The topological polar surface area (TPSA) is 123 Å². The summed E-state index contributed by atoms with van der Waals surface area (Å²) in [5.74, 6) is -0.328. The molecule has 0 atom stereocenters. The van der Waals surface area contributed by atoms with E-state index in [0.29, 0.717) is 5.82 Å². The number of nitro groups is 1. The van der Waals surface area contributed by atoms with Gasteiger partial charge in [-0.05, 0) is 25.1 Å². The smallest absolute Gasteiger partial charge is 0.312 e. The van der Waals surface area contributed by atoms with Gasteiger partial charge in [0.05, 0.1) is 22.2 Å². The van der Waals surface area contributed by atoms with E-state index in [2.05, 4.69) is 15.5 Å². The van der Waals surface area contributed by atoms with Crippen LogP contribution in [-0.2, 0) is 11.3 Å². The van der Waals surface area contributed by atoms with Crippen molar-refractivity contribution in [2.45, 2.75) is 13.5 Å². The summed E-state index contributed by atoms with van der Waals surface area (Å²) in [5.41, 5.74) is 3.38. The number of halogens is 1. The SMILES string of the molecule is Cc1nc2ccccc2n1CC(=O)N/N=C\c1cc(Cl)cc([N+](=O)[O-])c1O. The molecule has 27 heavy (non-hydrogen) atoms. The van der Waals surface area contributed by atoms with Crippen LogP contribution >= 0.6 is 11.6 Å². The molecule has 2 aromatic carbocycles. The van der Waals surface area contributed by atoms with Crippen LogP contribution < -0.4 is 5.43 Å². The molecule has 138 valence electrons. The number of para-hydroxylation sites is 2. The lowest BCUT2D eigenvalue weighted by atomic mass is 10.2. The van der Waals surface area contributed by atoms with E-state index >= 15 is 0 Å². The number of aromatic nitrogens is 2. The van der Waals surface area contributed by atoms with Gasteiger partial charge in [0.15, 0.2) is 0 Å². The Labute approximate surface area is 158 Å². The van der Waals surface area contributed by atoms with Crippen LogP contribution in [0.3, 0.4) is 0 Å². The van der Waals surface area contributed by atoms with Gasteiger partial charge >= 0.3 is 5.69 Å². The molecule has 1 aromatic heterocycles. The number of imidazole rings is 1. The molecule has 0 fully saturated rings. The van der Waals surface area contributed by atoms with Crippen molar-refractivity contribution in [3.63, 3.8) is 0 Å². The third kappa shape index (κ3) is 3.87. The number of aryl methyl sites for hydroxylation is 1. The highest BCUT2D eigenvalue weighted by Gasteiger charge is 2.18. The first kappa shape index (κ1) is 18.3.